The zero-order valence-electron chi connectivity index (χ0n) is 10.9. The summed E-state index contributed by atoms with van der Waals surface area (Å²) < 4.78 is 5.68. The van der Waals surface area contributed by atoms with Crippen LogP contribution in [0.2, 0.25) is 0 Å². The van der Waals surface area contributed by atoms with E-state index >= 15 is 0 Å². The van der Waals surface area contributed by atoms with Crippen LogP contribution in [0, 0.1) is 0 Å². The van der Waals surface area contributed by atoms with Crippen molar-refractivity contribution >= 4 is 34.3 Å². The summed E-state index contributed by atoms with van der Waals surface area (Å²) in [6, 6.07) is 7.51. The summed E-state index contributed by atoms with van der Waals surface area (Å²) in [6.07, 6.45) is 2.47. The molecule has 19 heavy (non-hydrogen) atoms. The molecule has 1 aliphatic rings. The van der Waals surface area contributed by atoms with Gasteiger partial charge in [-0.15, -0.1) is 0 Å². The first kappa shape index (κ1) is 14.3. The number of ether oxygens (including phenoxy) is 1. The molecule has 0 unspecified atom stereocenters. The number of thiocarbonyl (C=S) groups is 1. The molecule has 1 aromatic carbocycles. The Hall–Kier alpha value is -1.07. The minimum absolute atomic E-state index is 0.297. The zero-order valence-corrected chi connectivity index (χ0v) is 12.6. The first-order valence-corrected chi connectivity index (χ1v) is 7.69. The van der Waals surface area contributed by atoms with Crippen molar-refractivity contribution in [3.05, 3.63) is 35.4 Å². The van der Waals surface area contributed by atoms with E-state index in [4.69, 9.17) is 17.0 Å². The number of hydrogen-bond donors (Lipinski definition) is 0. The van der Waals surface area contributed by atoms with Gasteiger partial charge in [-0.2, -0.15) is 0 Å². The molecule has 1 aromatic rings. The Labute approximate surface area is 123 Å². The SMILES string of the molecule is COC(=O)c1cccc(CSC(=S)N2CCCC2)c1. The number of benzene rings is 1. The lowest BCUT2D eigenvalue weighted by atomic mass is 10.1. The lowest BCUT2D eigenvalue weighted by Gasteiger charge is -2.17. The van der Waals surface area contributed by atoms with Crippen molar-refractivity contribution in [1.29, 1.82) is 0 Å². The van der Waals surface area contributed by atoms with Crippen molar-refractivity contribution in [3.63, 3.8) is 0 Å². The van der Waals surface area contributed by atoms with Crippen LogP contribution >= 0.6 is 24.0 Å². The summed E-state index contributed by atoms with van der Waals surface area (Å²) in [5, 5.41) is 0. The van der Waals surface area contributed by atoms with Gasteiger partial charge in [0, 0.05) is 18.8 Å². The fourth-order valence-corrected chi connectivity index (χ4v) is 3.24. The van der Waals surface area contributed by atoms with Gasteiger partial charge < -0.3 is 9.64 Å². The van der Waals surface area contributed by atoms with Crippen molar-refractivity contribution in [2.24, 2.45) is 0 Å². The van der Waals surface area contributed by atoms with Crippen LogP contribution in [-0.4, -0.2) is 35.4 Å². The Morgan fingerprint density at radius 1 is 1.42 bits per heavy atom. The molecule has 1 aliphatic heterocycles. The van der Waals surface area contributed by atoms with E-state index in [-0.39, 0.29) is 5.97 Å². The molecule has 1 saturated heterocycles. The Kier molecular flexibility index (Phi) is 5.22. The predicted molar refractivity (Wildman–Crippen MR) is 82.5 cm³/mol. The van der Waals surface area contributed by atoms with Crippen LogP contribution < -0.4 is 0 Å². The van der Waals surface area contributed by atoms with Gasteiger partial charge in [-0.3, -0.25) is 0 Å². The number of nitrogens with zero attached hydrogens (tertiary/aromatic N) is 1. The number of carbonyl (C=O) groups is 1. The van der Waals surface area contributed by atoms with E-state index in [0.29, 0.717) is 5.56 Å². The molecule has 1 fully saturated rings. The fraction of sp³-hybridized carbons (Fsp3) is 0.429. The lowest BCUT2D eigenvalue weighted by Crippen LogP contribution is -2.23. The van der Waals surface area contributed by atoms with Crippen molar-refractivity contribution in [3.8, 4) is 0 Å². The van der Waals surface area contributed by atoms with Crippen molar-refractivity contribution in [2.45, 2.75) is 18.6 Å². The van der Waals surface area contributed by atoms with Gasteiger partial charge in [-0.05, 0) is 30.5 Å². The number of hydrogen-bond acceptors (Lipinski definition) is 4. The van der Waals surface area contributed by atoms with Crippen LogP contribution in [-0.2, 0) is 10.5 Å². The maximum absolute atomic E-state index is 11.4. The molecule has 0 radical (unpaired) electrons. The van der Waals surface area contributed by atoms with Gasteiger partial charge in [0.2, 0.25) is 0 Å². The third-order valence-corrected chi connectivity index (χ3v) is 4.67. The normalized spacial score (nSPS) is 14.5. The van der Waals surface area contributed by atoms with Crippen LogP contribution in [0.3, 0.4) is 0 Å². The molecule has 0 bridgehead atoms. The molecule has 0 aromatic heterocycles. The molecule has 1 heterocycles. The quantitative estimate of drug-likeness (QED) is 0.631. The topological polar surface area (TPSA) is 29.5 Å². The van der Waals surface area contributed by atoms with Crippen LogP contribution in [0.5, 0.6) is 0 Å². The van der Waals surface area contributed by atoms with E-state index in [1.165, 1.54) is 20.0 Å². The minimum Gasteiger partial charge on any atom is -0.465 e. The number of methoxy groups -OCH3 is 1. The average Bonchev–Trinajstić information content (AvgIpc) is 2.98. The number of thioether (sulfide) groups is 1. The summed E-state index contributed by atoms with van der Waals surface area (Å²) in [5.41, 5.74) is 1.68. The highest BCUT2D eigenvalue weighted by Crippen LogP contribution is 2.20. The van der Waals surface area contributed by atoms with Crippen molar-refractivity contribution in [1.82, 2.24) is 4.90 Å². The van der Waals surface area contributed by atoms with E-state index in [9.17, 15) is 4.79 Å². The average molecular weight is 295 g/mol. The summed E-state index contributed by atoms with van der Waals surface area (Å²) in [4.78, 5) is 13.7. The van der Waals surface area contributed by atoms with Gasteiger partial charge in [-0.25, -0.2) is 4.79 Å². The molecule has 5 heteroatoms. The molecule has 0 spiro atoms. The van der Waals surface area contributed by atoms with Crippen LogP contribution in [0.25, 0.3) is 0 Å². The van der Waals surface area contributed by atoms with E-state index in [0.717, 1.165) is 28.7 Å². The maximum Gasteiger partial charge on any atom is 0.337 e. The Morgan fingerprint density at radius 2 is 2.16 bits per heavy atom. The molecule has 102 valence electrons. The first-order chi connectivity index (χ1) is 9.20. The third-order valence-electron chi connectivity index (χ3n) is 3.07. The second-order valence-electron chi connectivity index (χ2n) is 4.44. The van der Waals surface area contributed by atoms with Gasteiger partial charge in [0.15, 0.2) is 0 Å². The van der Waals surface area contributed by atoms with Crippen LogP contribution in [0.1, 0.15) is 28.8 Å². The third kappa shape index (κ3) is 3.94. The number of esters is 1. The maximum atomic E-state index is 11.4. The minimum atomic E-state index is -0.297. The second kappa shape index (κ2) is 6.91. The Bertz CT molecular complexity index is 470. The molecule has 0 aliphatic carbocycles. The van der Waals surface area contributed by atoms with Crippen molar-refractivity contribution < 1.29 is 9.53 Å². The lowest BCUT2D eigenvalue weighted by molar-refractivity contribution is 0.0600. The largest absolute Gasteiger partial charge is 0.465 e. The van der Waals surface area contributed by atoms with E-state index in [1.54, 1.807) is 17.8 Å². The first-order valence-electron chi connectivity index (χ1n) is 6.29. The van der Waals surface area contributed by atoms with Gasteiger partial charge in [0.25, 0.3) is 0 Å². The highest BCUT2D eigenvalue weighted by Gasteiger charge is 2.15. The Balaban J connectivity index is 1.92. The number of rotatable bonds is 3. The highest BCUT2D eigenvalue weighted by atomic mass is 32.2. The summed E-state index contributed by atoms with van der Waals surface area (Å²) >= 11 is 7.08. The van der Waals surface area contributed by atoms with Gasteiger partial charge in [0.1, 0.15) is 4.32 Å². The van der Waals surface area contributed by atoms with Gasteiger partial charge in [-0.1, -0.05) is 36.1 Å². The number of likely N-dealkylation sites (tertiary alicyclic amines) is 1. The van der Waals surface area contributed by atoms with Crippen molar-refractivity contribution in [2.75, 3.05) is 20.2 Å². The molecule has 0 atom stereocenters. The smallest absolute Gasteiger partial charge is 0.337 e. The predicted octanol–water partition coefficient (Wildman–Crippen LogP) is 3.09. The highest BCUT2D eigenvalue weighted by molar-refractivity contribution is 8.22. The van der Waals surface area contributed by atoms with Crippen LogP contribution in [0.4, 0.5) is 0 Å². The summed E-state index contributed by atoms with van der Waals surface area (Å²) in [5.74, 6) is 0.495. The standard InChI is InChI=1S/C14H17NO2S2/c1-17-13(16)12-6-4-5-11(9-12)10-19-14(18)15-7-2-3-8-15/h4-6,9H,2-3,7-8,10H2,1H3. The van der Waals surface area contributed by atoms with Gasteiger partial charge >= 0.3 is 5.97 Å². The molecule has 3 nitrogen and oxygen atoms in total. The van der Waals surface area contributed by atoms with E-state index in [1.807, 2.05) is 18.2 Å². The Morgan fingerprint density at radius 3 is 2.84 bits per heavy atom. The van der Waals surface area contributed by atoms with Gasteiger partial charge in [0.05, 0.1) is 12.7 Å². The number of carbonyl (C=O) groups excluding carboxylic acids is 1. The molecule has 0 amide bonds. The van der Waals surface area contributed by atoms with E-state index < -0.39 is 0 Å². The van der Waals surface area contributed by atoms with E-state index in [2.05, 4.69) is 4.90 Å². The summed E-state index contributed by atoms with van der Waals surface area (Å²) in [6.45, 7) is 2.15. The molecular formula is C14H17NO2S2. The summed E-state index contributed by atoms with van der Waals surface area (Å²) in [7, 11) is 1.40. The molecule has 0 N–H and O–H groups in total. The molecule has 0 saturated carbocycles. The second-order valence-corrected chi connectivity index (χ2v) is 6.05. The fourth-order valence-electron chi connectivity index (χ4n) is 2.04. The molecular weight excluding hydrogens is 278 g/mol. The zero-order chi connectivity index (χ0) is 13.7. The molecule has 2 rings (SSSR count). The van der Waals surface area contributed by atoms with Crippen LogP contribution in [0.15, 0.2) is 24.3 Å². The monoisotopic (exact) mass is 295 g/mol.